The zero-order valence-corrected chi connectivity index (χ0v) is 10.2. The summed E-state index contributed by atoms with van der Waals surface area (Å²) < 4.78 is 1.49. The van der Waals surface area contributed by atoms with Gasteiger partial charge in [-0.05, 0) is 0 Å². The summed E-state index contributed by atoms with van der Waals surface area (Å²) in [5, 5.41) is 0. The number of likely N-dealkylation sites (tertiary alicyclic amines) is 1. The van der Waals surface area contributed by atoms with Gasteiger partial charge in [-0.25, -0.2) is 0 Å². The Morgan fingerprint density at radius 3 is 2.62 bits per heavy atom. The quantitative estimate of drug-likeness (QED) is 0.637. The first-order valence-corrected chi connectivity index (χ1v) is 6.30. The summed E-state index contributed by atoms with van der Waals surface area (Å²) in [5.74, 6) is 0. The molecule has 1 aromatic rings. The topological polar surface area (TPSA) is 3.24 Å². The first kappa shape index (κ1) is 10.7. The van der Waals surface area contributed by atoms with Gasteiger partial charge in [-0.3, -0.25) is 0 Å². The molecule has 78 valence electrons. The van der Waals surface area contributed by atoms with E-state index in [9.17, 15) is 0 Å². The van der Waals surface area contributed by atoms with Crippen molar-refractivity contribution < 1.29 is 0 Å². The molecule has 2 heteroatoms. The fourth-order valence-corrected chi connectivity index (χ4v) is 3.20. The number of hydrogen-bond donors (Lipinski definition) is 0. The van der Waals surface area contributed by atoms with Crippen LogP contribution in [0.3, 0.4) is 0 Å². The van der Waals surface area contributed by atoms with Gasteiger partial charge in [-0.15, -0.1) is 0 Å². The van der Waals surface area contributed by atoms with Crippen molar-refractivity contribution in [3.05, 3.63) is 41.0 Å². The van der Waals surface area contributed by atoms with Gasteiger partial charge in [-0.2, -0.15) is 0 Å². The van der Waals surface area contributed by atoms with Crippen LogP contribution in [-0.2, 0) is 0 Å². The molecule has 0 radical (unpaired) electrons. The Hall–Kier alpha value is -0.483. The third-order valence-electron chi connectivity index (χ3n) is 4.17. The Balaban J connectivity index is 2.06. The number of fused-ring (bicyclic) bond motifs is 1. The van der Waals surface area contributed by atoms with Gasteiger partial charge in [-0.1, -0.05) is 0 Å². The van der Waals surface area contributed by atoms with Crippen molar-refractivity contribution in [2.45, 2.75) is 25.8 Å². The second-order valence-corrected chi connectivity index (χ2v) is 5.04. The zero-order valence-electron chi connectivity index (χ0n) is 10.2. The van der Waals surface area contributed by atoms with E-state index in [4.69, 9.17) is 0 Å². The molecule has 2 aliphatic rings. The van der Waals surface area contributed by atoms with Crippen LogP contribution in [0, 0.1) is 0 Å². The fraction of sp³-hybridized carbons (Fsp3) is 0.429. The third kappa shape index (κ3) is 1.50. The van der Waals surface area contributed by atoms with E-state index in [0.717, 1.165) is 0 Å². The Morgan fingerprint density at radius 2 is 1.88 bits per heavy atom. The molecular weight excluding hydrogens is 189 g/mol. The van der Waals surface area contributed by atoms with E-state index in [1.54, 1.807) is 5.57 Å². The molecule has 1 saturated heterocycles. The summed E-state index contributed by atoms with van der Waals surface area (Å²) in [6.07, 6.45) is 2.73. The predicted octanol–water partition coefficient (Wildman–Crippen LogP) is 2.74. The maximum absolute atomic E-state index is 2.64. The van der Waals surface area contributed by atoms with Crippen molar-refractivity contribution in [2.24, 2.45) is 0 Å². The average Bonchev–Trinajstić information content (AvgIpc) is 2.89. The summed E-state index contributed by atoms with van der Waals surface area (Å²) in [4.78, 5) is 2.64. The first-order valence-electron chi connectivity index (χ1n) is 6.30. The van der Waals surface area contributed by atoms with E-state index in [-0.39, 0.29) is 0 Å². The summed E-state index contributed by atoms with van der Waals surface area (Å²) in [5.41, 5.74) is 4.56. The molecule has 1 nitrogen and oxygen atoms in total. The molecule has 0 aromatic heterocycles. The molecule has 1 aromatic carbocycles. The number of benzene rings is 1. The van der Waals surface area contributed by atoms with E-state index < -0.39 is 0 Å². The second-order valence-electron chi connectivity index (χ2n) is 5.04. The molecule has 1 heterocycles. The van der Waals surface area contributed by atoms with Gasteiger partial charge < -0.3 is 0 Å². The molecule has 0 spiro atoms. The van der Waals surface area contributed by atoms with Crippen LogP contribution in [0.15, 0.2) is 29.8 Å². The minimum atomic E-state index is 0.568. The number of nitrogens with zero attached hydrogens (tertiary/aromatic N) is 1. The van der Waals surface area contributed by atoms with Crippen molar-refractivity contribution in [1.29, 1.82) is 0 Å². The molecule has 16 heavy (non-hydrogen) atoms. The first-order chi connectivity index (χ1) is 7.79. The van der Waals surface area contributed by atoms with E-state index in [2.05, 4.69) is 53.8 Å². The molecule has 0 bridgehead atoms. The summed E-state index contributed by atoms with van der Waals surface area (Å²) >= 11 is 2.27. The van der Waals surface area contributed by atoms with E-state index in [1.165, 1.54) is 41.3 Å². The Morgan fingerprint density at radius 1 is 1.19 bits per heavy atom. The second kappa shape index (κ2) is 4.07. The monoisotopic (exact) mass is 205 g/mol. The van der Waals surface area contributed by atoms with Crippen molar-refractivity contribution in [3.63, 3.8) is 0 Å². The van der Waals surface area contributed by atoms with E-state index in [0.29, 0.717) is 6.04 Å². The van der Waals surface area contributed by atoms with Gasteiger partial charge >= 0.3 is 107 Å². The van der Waals surface area contributed by atoms with E-state index >= 15 is 0 Å². The van der Waals surface area contributed by atoms with Crippen LogP contribution in [0.5, 0.6) is 0 Å². The van der Waals surface area contributed by atoms with Crippen LogP contribution >= 0.6 is 0 Å². The van der Waals surface area contributed by atoms with Crippen LogP contribution in [-0.4, -0.2) is 35.7 Å². The van der Waals surface area contributed by atoms with Crippen LogP contribution in [0.2, 0.25) is 0 Å². The molecule has 1 aliphatic heterocycles. The summed E-state index contributed by atoms with van der Waals surface area (Å²) in [7, 11) is 0. The number of hydrogen-bond acceptors (Lipinski definition) is 1. The molecule has 0 saturated carbocycles. The van der Waals surface area contributed by atoms with Crippen molar-refractivity contribution >= 4 is 22.0 Å². The predicted molar refractivity (Wildman–Crippen MR) is 68.3 cm³/mol. The van der Waals surface area contributed by atoms with Gasteiger partial charge in [0.1, 0.15) is 0 Å². The van der Waals surface area contributed by atoms with Crippen LogP contribution in [0.1, 0.15) is 36.9 Å². The van der Waals surface area contributed by atoms with Crippen LogP contribution in [0.4, 0.5) is 0 Å². The number of rotatable bonds is 1. The van der Waals surface area contributed by atoms with Gasteiger partial charge in [0.05, 0.1) is 0 Å². The van der Waals surface area contributed by atoms with Gasteiger partial charge in [0, 0.05) is 0 Å². The average molecular weight is 205 g/mol. The molecule has 3 rings (SSSR count). The van der Waals surface area contributed by atoms with Crippen molar-refractivity contribution in [1.82, 2.24) is 4.90 Å². The van der Waals surface area contributed by atoms with E-state index in [1.807, 2.05) is 0 Å². The minimum absolute atomic E-state index is 0.568. The Kier molecular flexibility index (Phi) is 2.71. The van der Waals surface area contributed by atoms with Crippen molar-refractivity contribution in [3.8, 4) is 0 Å². The molecule has 1 atom stereocenters. The Labute approximate surface area is 107 Å². The molecular formula is C14H16LiN. The maximum atomic E-state index is 2.64. The molecule has 0 N–H and O–H groups in total. The van der Waals surface area contributed by atoms with Crippen LogP contribution in [0.25, 0.3) is 4.25 Å². The zero-order chi connectivity index (χ0) is 11.1. The molecule has 1 fully saturated rings. The standard InChI is InChI=1S/C14H16N.Li/c1-11-10-12-6-2-3-7-13(12)14(11)15-8-4-5-9-15;/h2-3,6-7,14H,4-5,8-9H2,1H3;. The molecule has 0 amide bonds. The summed E-state index contributed by atoms with van der Waals surface area (Å²) in [6.45, 7) is 4.84. The van der Waals surface area contributed by atoms with Gasteiger partial charge in [0.25, 0.3) is 0 Å². The SMILES string of the molecule is [Li][C]1=C(C)C(N2CCCC2)c2ccccc21. The summed E-state index contributed by atoms with van der Waals surface area (Å²) in [6, 6.07) is 9.47. The normalized spacial score (nSPS) is 25.3. The molecule has 1 aliphatic carbocycles. The van der Waals surface area contributed by atoms with Gasteiger partial charge in [0.15, 0.2) is 0 Å². The fourth-order valence-electron chi connectivity index (χ4n) is 3.20. The Bertz CT molecular complexity index is 444. The molecule has 1 unspecified atom stereocenters. The van der Waals surface area contributed by atoms with Gasteiger partial charge in [0.2, 0.25) is 0 Å². The van der Waals surface area contributed by atoms with Crippen molar-refractivity contribution in [2.75, 3.05) is 13.1 Å². The third-order valence-corrected chi connectivity index (χ3v) is 4.17. The van der Waals surface area contributed by atoms with Crippen LogP contribution < -0.4 is 0 Å².